The maximum atomic E-state index is 12.3. The SMILES string of the molecule is CN(C)C(=O)c1cccc(NC(=O)CN2CCCCC2CCO)c1. The summed E-state index contributed by atoms with van der Waals surface area (Å²) in [7, 11) is 3.40. The van der Waals surface area contributed by atoms with Gasteiger partial charge < -0.3 is 15.3 Å². The van der Waals surface area contributed by atoms with Gasteiger partial charge in [-0.3, -0.25) is 14.5 Å². The number of piperidine rings is 1. The fourth-order valence-electron chi connectivity index (χ4n) is 3.12. The molecule has 1 heterocycles. The second-order valence-corrected chi connectivity index (χ2v) is 6.46. The van der Waals surface area contributed by atoms with E-state index in [1.54, 1.807) is 38.4 Å². The maximum absolute atomic E-state index is 12.3. The molecule has 0 aromatic heterocycles. The van der Waals surface area contributed by atoms with Crippen LogP contribution in [0, 0.1) is 0 Å². The van der Waals surface area contributed by atoms with Crippen LogP contribution >= 0.6 is 0 Å². The van der Waals surface area contributed by atoms with E-state index in [4.69, 9.17) is 5.11 Å². The van der Waals surface area contributed by atoms with Crippen molar-refractivity contribution in [2.75, 3.05) is 39.1 Å². The Morgan fingerprint density at radius 1 is 1.33 bits per heavy atom. The number of hydrogen-bond acceptors (Lipinski definition) is 4. The summed E-state index contributed by atoms with van der Waals surface area (Å²) in [6, 6.07) is 7.26. The number of likely N-dealkylation sites (tertiary alicyclic amines) is 1. The van der Waals surface area contributed by atoms with Gasteiger partial charge in [-0.2, -0.15) is 0 Å². The van der Waals surface area contributed by atoms with Gasteiger partial charge in [-0.15, -0.1) is 0 Å². The molecule has 1 saturated heterocycles. The molecule has 0 aliphatic carbocycles. The third-order valence-electron chi connectivity index (χ3n) is 4.36. The molecule has 6 nitrogen and oxygen atoms in total. The molecule has 1 unspecified atom stereocenters. The summed E-state index contributed by atoms with van der Waals surface area (Å²) < 4.78 is 0. The molecule has 0 spiro atoms. The lowest BCUT2D eigenvalue weighted by Gasteiger charge is -2.34. The van der Waals surface area contributed by atoms with Gasteiger partial charge in [-0.05, 0) is 44.0 Å². The highest BCUT2D eigenvalue weighted by Gasteiger charge is 2.23. The fraction of sp³-hybridized carbons (Fsp3) is 0.556. The Bertz CT molecular complexity index is 572. The fourth-order valence-corrected chi connectivity index (χ4v) is 3.12. The minimum absolute atomic E-state index is 0.0886. The van der Waals surface area contributed by atoms with Crippen molar-refractivity contribution in [1.82, 2.24) is 9.80 Å². The summed E-state index contributed by atoms with van der Waals surface area (Å²) in [5.41, 5.74) is 1.18. The predicted molar refractivity (Wildman–Crippen MR) is 94.0 cm³/mol. The third-order valence-corrected chi connectivity index (χ3v) is 4.36. The van der Waals surface area contributed by atoms with Crippen LogP contribution in [0.2, 0.25) is 0 Å². The maximum Gasteiger partial charge on any atom is 0.253 e. The number of carbonyl (C=O) groups excluding carboxylic acids is 2. The van der Waals surface area contributed by atoms with Crippen molar-refractivity contribution in [2.24, 2.45) is 0 Å². The first-order valence-corrected chi connectivity index (χ1v) is 8.47. The van der Waals surface area contributed by atoms with Gasteiger partial charge in [-0.25, -0.2) is 0 Å². The lowest BCUT2D eigenvalue weighted by molar-refractivity contribution is -0.118. The number of anilines is 1. The van der Waals surface area contributed by atoms with E-state index in [0.717, 1.165) is 25.8 Å². The Balaban J connectivity index is 1.96. The molecule has 1 aromatic carbocycles. The third kappa shape index (κ3) is 5.04. The molecule has 0 bridgehead atoms. The first-order chi connectivity index (χ1) is 11.5. The molecule has 1 aromatic rings. The standard InChI is InChI=1S/C18H27N3O3/c1-20(2)18(24)14-6-5-7-15(12-14)19-17(23)13-21-10-4-3-8-16(21)9-11-22/h5-7,12,16,22H,3-4,8-11,13H2,1-2H3,(H,19,23). The Labute approximate surface area is 143 Å². The van der Waals surface area contributed by atoms with Gasteiger partial charge in [0.2, 0.25) is 5.91 Å². The van der Waals surface area contributed by atoms with Crippen molar-refractivity contribution in [3.63, 3.8) is 0 Å². The van der Waals surface area contributed by atoms with Crippen molar-refractivity contribution in [2.45, 2.75) is 31.7 Å². The van der Waals surface area contributed by atoms with E-state index in [-0.39, 0.29) is 24.5 Å². The van der Waals surface area contributed by atoms with Crippen molar-refractivity contribution in [3.8, 4) is 0 Å². The monoisotopic (exact) mass is 333 g/mol. The van der Waals surface area contributed by atoms with E-state index in [0.29, 0.717) is 24.2 Å². The molecular formula is C18H27N3O3. The Hall–Kier alpha value is -1.92. The van der Waals surface area contributed by atoms with Crippen molar-refractivity contribution in [3.05, 3.63) is 29.8 Å². The minimum Gasteiger partial charge on any atom is -0.396 e. The first kappa shape index (κ1) is 18.4. The first-order valence-electron chi connectivity index (χ1n) is 8.47. The summed E-state index contributed by atoms with van der Waals surface area (Å²) in [5.74, 6) is -0.181. The van der Waals surface area contributed by atoms with Gasteiger partial charge >= 0.3 is 0 Å². The second kappa shape index (κ2) is 8.80. The average Bonchev–Trinajstić information content (AvgIpc) is 2.56. The molecule has 2 amide bonds. The molecule has 0 saturated carbocycles. The van der Waals surface area contributed by atoms with Gasteiger partial charge in [0, 0.05) is 38.0 Å². The topological polar surface area (TPSA) is 72.9 Å². The number of amides is 2. The van der Waals surface area contributed by atoms with Crippen LogP contribution in [0.4, 0.5) is 5.69 Å². The number of benzene rings is 1. The summed E-state index contributed by atoms with van der Waals surface area (Å²) in [6.07, 6.45) is 3.97. The predicted octanol–water partition coefficient (Wildman–Crippen LogP) is 1.56. The highest BCUT2D eigenvalue weighted by Crippen LogP contribution is 2.19. The van der Waals surface area contributed by atoms with E-state index >= 15 is 0 Å². The lowest BCUT2D eigenvalue weighted by Crippen LogP contribution is -2.44. The van der Waals surface area contributed by atoms with Crippen molar-refractivity contribution in [1.29, 1.82) is 0 Å². The zero-order valence-corrected chi connectivity index (χ0v) is 14.5. The molecule has 1 aliphatic rings. The molecule has 132 valence electrons. The van der Waals surface area contributed by atoms with Crippen molar-refractivity contribution >= 4 is 17.5 Å². The smallest absolute Gasteiger partial charge is 0.253 e. The van der Waals surface area contributed by atoms with Gasteiger partial charge in [0.1, 0.15) is 0 Å². The molecule has 2 N–H and O–H groups in total. The van der Waals surface area contributed by atoms with Crippen LogP contribution in [0.15, 0.2) is 24.3 Å². The van der Waals surface area contributed by atoms with E-state index in [2.05, 4.69) is 10.2 Å². The largest absolute Gasteiger partial charge is 0.396 e. The Morgan fingerprint density at radius 3 is 2.83 bits per heavy atom. The minimum atomic E-state index is -0.0925. The lowest BCUT2D eigenvalue weighted by atomic mass is 9.99. The number of rotatable bonds is 6. The molecular weight excluding hydrogens is 306 g/mol. The van der Waals surface area contributed by atoms with Crippen LogP contribution in [0.5, 0.6) is 0 Å². The molecule has 0 radical (unpaired) electrons. The number of aliphatic hydroxyl groups excluding tert-OH is 1. The molecule has 1 fully saturated rings. The van der Waals surface area contributed by atoms with Crippen LogP contribution in [0.25, 0.3) is 0 Å². The van der Waals surface area contributed by atoms with E-state index in [1.165, 1.54) is 4.90 Å². The highest BCUT2D eigenvalue weighted by atomic mass is 16.3. The van der Waals surface area contributed by atoms with E-state index in [9.17, 15) is 9.59 Å². The summed E-state index contributed by atoms with van der Waals surface area (Å²) in [5, 5.41) is 12.0. The number of hydrogen-bond donors (Lipinski definition) is 2. The summed E-state index contributed by atoms with van der Waals surface area (Å²) in [6.45, 7) is 1.35. The van der Waals surface area contributed by atoms with Gasteiger partial charge in [-0.1, -0.05) is 12.5 Å². The van der Waals surface area contributed by atoms with Gasteiger partial charge in [0.15, 0.2) is 0 Å². The Kier molecular flexibility index (Phi) is 6.75. The van der Waals surface area contributed by atoms with Gasteiger partial charge in [0.05, 0.1) is 6.54 Å². The number of carbonyl (C=O) groups is 2. The van der Waals surface area contributed by atoms with Crippen LogP contribution in [-0.4, -0.2) is 66.6 Å². The Morgan fingerprint density at radius 2 is 2.12 bits per heavy atom. The molecule has 6 heteroatoms. The van der Waals surface area contributed by atoms with Crippen molar-refractivity contribution < 1.29 is 14.7 Å². The zero-order chi connectivity index (χ0) is 17.5. The second-order valence-electron chi connectivity index (χ2n) is 6.46. The molecule has 1 aliphatic heterocycles. The average molecular weight is 333 g/mol. The normalized spacial score (nSPS) is 18.2. The number of nitrogens with zero attached hydrogens (tertiary/aromatic N) is 2. The molecule has 24 heavy (non-hydrogen) atoms. The van der Waals surface area contributed by atoms with Gasteiger partial charge in [0.25, 0.3) is 5.91 Å². The molecule has 2 rings (SSSR count). The summed E-state index contributed by atoms with van der Waals surface area (Å²) in [4.78, 5) is 28.0. The van der Waals surface area contributed by atoms with Crippen LogP contribution in [-0.2, 0) is 4.79 Å². The summed E-state index contributed by atoms with van der Waals surface area (Å²) >= 11 is 0. The number of aliphatic hydroxyl groups is 1. The number of nitrogens with one attached hydrogen (secondary N) is 1. The van der Waals surface area contributed by atoms with Crippen LogP contribution in [0.3, 0.4) is 0 Å². The zero-order valence-electron chi connectivity index (χ0n) is 14.5. The quantitative estimate of drug-likeness (QED) is 0.829. The van der Waals surface area contributed by atoms with Crippen LogP contribution < -0.4 is 5.32 Å². The highest BCUT2D eigenvalue weighted by molar-refractivity contribution is 5.97. The van der Waals surface area contributed by atoms with E-state index in [1.807, 2.05) is 0 Å². The molecule has 1 atom stereocenters. The van der Waals surface area contributed by atoms with E-state index < -0.39 is 0 Å². The van der Waals surface area contributed by atoms with Crippen LogP contribution in [0.1, 0.15) is 36.0 Å².